The normalized spacial score (nSPS) is 19.3. The monoisotopic (exact) mass is 770 g/mol. The molecule has 2 nitrogen and oxygen atoms in total. The van der Waals surface area contributed by atoms with Crippen LogP contribution in [-0.4, -0.2) is 6.71 Å². The lowest BCUT2D eigenvalue weighted by molar-refractivity contribution is 0.332. The Hall–Kier alpha value is -4.02. The van der Waals surface area contributed by atoms with E-state index in [1.165, 1.54) is 89.5 Å². The smallest absolute Gasteiger partial charge is 0.264 e. The van der Waals surface area contributed by atoms with E-state index in [9.17, 15) is 0 Å². The highest BCUT2D eigenvalue weighted by molar-refractivity contribution is 7.33. The Bertz CT molecular complexity index is 2480. The molecule has 2 aliphatic heterocycles. The number of rotatable bonds is 5. The highest BCUT2D eigenvalue weighted by Crippen LogP contribution is 2.52. The fraction of sp³-hybridized carbons (Fsp3) is 0.434. The zero-order valence-electron chi connectivity index (χ0n) is 36.9. The summed E-state index contributed by atoms with van der Waals surface area (Å²) < 4.78 is 2.91. The summed E-state index contributed by atoms with van der Waals surface area (Å²) >= 11 is 2.06. The second-order valence-electron chi connectivity index (χ2n) is 21.1. The van der Waals surface area contributed by atoms with Gasteiger partial charge in [-0.25, -0.2) is 0 Å². The van der Waals surface area contributed by atoms with Crippen LogP contribution in [0.4, 0.5) is 28.4 Å². The average Bonchev–Trinajstić information content (AvgIpc) is 3.53. The molecule has 57 heavy (non-hydrogen) atoms. The molecular weight excluding hydrogens is 707 g/mol. The van der Waals surface area contributed by atoms with Gasteiger partial charge in [-0.05, 0) is 146 Å². The maximum atomic E-state index is 2.72. The quantitative estimate of drug-likeness (QED) is 0.161. The largest absolute Gasteiger partial charge is 0.311 e. The molecule has 0 fully saturated rings. The minimum absolute atomic E-state index is 0.0872. The number of thiophene rings is 1. The maximum Gasteiger partial charge on any atom is 0.264 e. The van der Waals surface area contributed by atoms with Crippen molar-refractivity contribution in [2.45, 2.75) is 137 Å². The standard InChI is InChI=1S/C53H63BN2S/c1-31(2)34-14-19-39(20-15-34)56-46-28-36(33(5)6)27-45-48(46)54(50-49(56)40-29-41-42(30-47(40)57-50)53(12,13)25-24-52(41,10)11)43-26-35(32(3)4)16-23-44(43)55(45)38-21-17-37(18-22-38)51(7,8)9/h14,16-23,26-34H,15,24-25H2,1-13H3. The van der Waals surface area contributed by atoms with Crippen LogP contribution in [0, 0.1) is 11.8 Å². The van der Waals surface area contributed by atoms with E-state index in [0.717, 1.165) is 6.42 Å². The fourth-order valence-electron chi connectivity index (χ4n) is 10.2. The van der Waals surface area contributed by atoms with Crippen LogP contribution in [-0.2, 0) is 16.2 Å². The lowest BCUT2D eigenvalue weighted by Gasteiger charge is -2.44. The summed E-state index contributed by atoms with van der Waals surface area (Å²) in [4.78, 5) is 5.32. The van der Waals surface area contributed by atoms with Gasteiger partial charge in [-0.1, -0.05) is 126 Å². The predicted molar refractivity (Wildman–Crippen MR) is 252 cm³/mol. The third-order valence-corrected chi connectivity index (χ3v) is 15.4. The van der Waals surface area contributed by atoms with E-state index in [-0.39, 0.29) is 23.0 Å². The zero-order chi connectivity index (χ0) is 40.5. The van der Waals surface area contributed by atoms with Gasteiger partial charge in [0.25, 0.3) is 6.71 Å². The zero-order valence-corrected chi connectivity index (χ0v) is 37.7. The summed E-state index contributed by atoms with van der Waals surface area (Å²) in [5.41, 5.74) is 18.4. The van der Waals surface area contributed by atoms with Crippen molar-refractivity contribution in [1.82, 2.24) is 0 Å². The van der Waals surface area contributed by atoms with Gasteiger partial charge < -0.3 is 9.80 Å². The van der Waals surface area contributed by atoms with Crippen LogP contribution in [0.25, 0.3) is 10.1 Å². The van der Waals surface area contributed by atoms with Gasteiger partial charge >= 0.3 is 0 Å². The van der Waals surface area contributed by atoms with Crippen molar-refractivity contribution in [1.29, 1.82) is 0 Å². The van der Waals surface area contributed by atoms with Crippen molar-refractivity contribution >= 4 is 72.3 Å². The predicted octanol–water partition coefficient (Wildman–Crippen LogP) is 13.7. The first-order valence-corrected chi connectivity index (χ1v) is 22.7. The van der Waals surface area contributed by atoms with Gasteiger partial charge in [0.2, 0.25) is 0 Å². The highest BCUT2D eigenvalue weighted by atomic mass is 32.1. The molecule has 0 N–H and O–H groups in total. The van der Waals surface area contributed by atoms with Crippen LogP contribution in [0.5, 0.6) is 0 Å². The molecule has 0 saturated carbocycles. The molecule has 4 aromatic carbocycles. The minimum Gasteiger partial charge on any atom is -0.311 e. The van der Waals surface area contributed by atoms with Crippen molar-refractivity contribution in [3.05, 3.63) is 118 Å². The molecule has 9 rings (SSSR count). The molecule has 4 heteroatoms. The maximum absolute atomic E-state index is 2.72. The highest BCUT2D eigenvalue weighted by Gasteiger charge is 2.47. The Morgan fingerprint density at radius 3 is 1.93 bits per heavy atom. The number of benzene rings is 4. The Kier molecular flexibility index (Phi) is 8.95. The van der Waals surface area contributed by atoms with Crippen LogP contribution in [0.3, 0.4) is 0 Å². The summed E-state index contributed by atoms with van der Waals surface area (Å²) in [6.07, 6.45) is 11.0. The number of anilines is 5. The number of hydrogen-bond acceptors (Lipinski definition) is 3. The number of fused-ring (bicyclic) bond motifs is 7. The SMILES string of the molecule is CC(C)c1ccc2c(c1)B1c3sc4cc5c(cc4c3N(C3=CCC(C(C)C)C=C3)c3cc(C(C)C)cc(c31)N2c1ccc(C(C)(C)C)cc1)C(C)(C)CCC5(C)C. The molecule has 0 spiro atoms. The molecular formula is C53H63BN2S. The molecule has 2 aliphatic carbocycles. The van der Waals surface area contributed by atoms with Gasteiger partial charge in [0, 0.05) is 43.3 Å². The summed E-state index contributed by atoms with van der Waals surface area (Å²) in [6.45, 7) is 31.1. The van der Waals surface area contributed by atoms with E-state index in [1.807, 2.05) is 0 Å². The molecule has 0 bridgehead atoms. The van der Waals surface area contributed by atoms with Gasteiger partial charge in [0.1, 0.15) is 0 Å². The topological polar surface area (TPSA) is 6.48 Å². The number of hydrogen-bond donors (Lipinski definition) is 0. The molecule has 0 radical (unpaired) electrons. The minimum atomic E-state index is 0.0872. The number of allylic oxidation sites excluding steroid dienone is 3. The van der Waals surface area contributed by atoms with Crippen molar-refractivity contribution in [3.63, 3.8) is 0 Å². The Labute approximate surface area is 348 Å². The fourth-order valence-corrected chi connectivity index (χ4v) is 11.6. The van der Waals surface area contributed by atoms with E-state index < -0.39 is 0 Å². The molecule has 0 amide bonds. The third-order valence-electron chi connectivity index (χ3n) is 14.2. The van der Waals surface area contributed by atoms with E-state index in [2.05, 4.69) is 196 Å². The van der Waals surface area contributed by atoms with Gasteiger partial charge in [0.15, 0.2) is 0 Å². The van der Waals surface area contributed by atoms with Crippen molar-refractivity contribution < 1.29 is 0 Å². The first kappa shape index (κ1) is 38.5. The van der Waals surface area contributed by atoms with Crippen LogP contribution in [0.15, 0.2) is 90.7 Å². The summed E-state index contributed by atoms with van der Waals surface area (Å²) in [5.74, 6) is 1.98. The van der Waals surface area contributed by atoms with Crippen LogP contribution in [0.2, 0.25) is 0 Å². The van der Waals surface area contributed by atoms with Crippen LogP contribution in [0.1, 0.15) is 149 Å². The summed E-state index contributed by atoms with van der Waals surface area (Å²) in [6, 6.07) is 27.2. The van der Waals surface area contributed by atoms with Gasteiger partial charge in [-0.3, -0.25) is 0 Å². The van der Waals surface area contributed by atoms with E-state index in [0.29, 0.717) is 23.7 Å². The molecule has 4 aliphatic rings. The second-order valence-corrected chi connectivity index (χ2v) is 22.2. The van der Waals surface area contributed by atoms with Crippen molar-refractivity contribution in [2.24, 2.45) is 11.8 Å². The molecule has 1 atom stereocenters. The van der Waals surface area contributed by atoms with Crippen molar-refractivity contribution in [3.8, 4) is 0 Å². The van der Waals surface area contributed by atoms with Gasteiger partial charge in [-0.2, -0.15) is 0 Å². The van der Waals surface area contributed by atoms with Gasteiger partial charge in [-0.15, -0.1) is 11.3 Å². The molecule has 5 aromatic rings. The molecule has 294 valence electrons. The van der Waals surface area contributed by atoms with Crippen LogP contribution >= 0.6 is 11.3 Å². The number of nitrogens with zero attached hydrogens (tertiary/aromatic N) is 2. The summed E-state index contributed by atoms with van der Waals surface area (Å²) in [7, 11) is 0. The van der Waals surface area contributed by atoms with Gasteiger partial charge in [0.05, 0.1) is 5.69 Å². The first-order valence-electron chi connectivity index (χ1n) is 21.9. The molecule has 1 aromatic heterocycles. The van der Waals surface area contributed by atoms with E-state index in [4.69, 9.17) is 0 Å². The Morgan fingerprint density at radius 1 is 0.719 bits per heavy atom. The van der Waals surface area contributed by atoms with Crippen LogP contribution < -0.4 is 25.5 Å². The lowest BCUT2D eigenvalue weighted by atomic mass is 9.36. The Balaban J connectivity index is 1.39. The van der Waals surface area contributed by atoms with E-state index >= 15 is 0 Å². The van der Waals surface area contributed by atoms with Crippen molar-refractivity contribution in [2.75, 3.05) is 9.80 Å². The third kappa shape index (κ3) is 6.09. The van der Waals surface area contributed by atoms with E-state index in [1.54, 1.807) is 11.1 Å². The Morgan fingerprint density at radius 2 is 1.35 bits per heavy atom. The first-order chi connectivity index (χ1) is 26.9. The second kappa shape index (κ2) is 13.3. The molecule has 1 unspecified atom stereocenters. The average molecular weight is 771 g/mol. The lowest BCUT2D eigenvalue weighted by Crippen LogP contribution is -2.61. The summed E-state index contributed by atoms with van der Waals surface area (Å²) in [5, 5.41) is 1.42. The molecule has 3 heterocycles. The molecule has 0 saturated heterocycles.